The number of nitrogens with zero attached hydrogens (tertiary/aromatic N) is 2. The summed E-state index contributed by atoms with van der Waals surface area (Å²) in [7, 11) is 0. The van der Waals surface area contributed by atoms with Crippen LogP contribution in [0.15, 0.2) is 24.4 Å². The third-order valence-electron chi connectivity index (χ3n) is 2.49. The van der Waals surface area contributed by atoms with Gasteiger partial charge in [0.2, 0.25) is 0 Å². The van der Waals surface area contributed by atoms with Crippen LogP contribution >= 0.6 is 0 Å². The zero-order valence-electron chi connectivity index (χ0n) is 11.2. The van der Waals surface area contributed by atoms with Crippen LogP contribution in [-0.4, -0.2) is 21.0 Å². The van der Waals surface area contributed by atoms with Crippen molar-refractivity contribution < 1.29 is 9.53 Å². The number of fused-ring (bicyclic) bond motifs is 1. The first-order valence-electron chi connectivity index (χ1n) is 6.00. The van der Waals surface area contributed by atoms with Crippen LogP contribution < -0.4 is 0 Å². The summed E-state index contributed by atoms with van der Waals surface area (Å²) < 4.78 is 7.25. The van der Waals surface area contributed by atoms with E-state index in [4.69, 9.17) is 4.74 Å². The van der Waals surface area contributed by atoms with Crippen LogP contribution in [0.4, 0.5) is 0 Å². The van der Waals surface area contributed by atoms with Crippen molar-refractivity contribution in [3.63, 3.8) is 0 Å². The lowest BCUT2D eigenvalue weighted by Gasteiger charge is -2.18. The van der Waals surface area contributed by atoms with Gasteiger partial charge in [-0.05, 0) is 39.8 Å². The molecule has 0 amide bonds. The van der Waals surface area contributed by atoms with E-state index in [1.807, 2.05) is 56.5 Å². The molecular weight excluding hydrogens is 228 g/mol. The fourth-order valence-corrected chi connectivity index (χ4v) is 1.81. The highest BCUT2D eigenvalue weighted by atomic mass is 16.6. The topological polar surface area (TPSA) is 43.6 Å². The molecule has 0 aromatic carbocycles. The molecule has 2 rings (SSSR count). The number of aryl methyl sites for hydroxylation is 1. The summed E-state index contributed by atoms with van der Waals surface area (Å²) in [5.74, 6) is -0.247. The molecule has 0 aliphatic heterocycles. The fraction of sp³-hybridized carbons (Fsp3) is 0.429. The van der Waals surface area contributed by atoms with Gasteiger partial charge in [0.1, 0.15) is 11.2 Å². The number of aromatic nitrogens is 2. The van der Waals surface area contributed by atoms with Gasteiger partial charge in [-0.3, -0.25) is 4.79 Å². The van der Waals surface area contributed by atoms with E-state index < -0.39 is 5.60 Å². The molecule has 0 spiro atoms. The maximum absolute atomic E-state index is 11.7. The van der Waals surface area contributed by atoms with Gasteiger partial charge in [-0.1, -0.05) is 6.07 Å². The lowest BCUT2D eigenvalue weighted by Crippen LogP contribution is -2.24. The number of carbonyl (C=O) groups is 1. The third-order valence-corrected chi connectivity index (χ3v) is 2.49. The molecule has 0 aliphatic rings. The van der Waals surface area contributed by atoms with Crippen LogP contribution in [0.2, 0.25) is 0 Å². The second-order valence-electron chi connectivity index (χ2n) is 5.39. The van der Waals surface area contributed by atoms with Crippen LogP contribution in [0.25, 0.3) is 5.65 Å². The Morgan fingerprint density at radius 3 is 2.72 bits per heavy atom. The molecule has 0 unspecified atom stereocenters. The molecule has 4 heteroatoms. The fourth-order valence-electron chi connectivity index (χ4n) is 1.81. The van der Waals surface area contributed by atoms with Crippen LogP contribution in [0.1, 0.15) is 32.2 Å². The molecule has 0 N–H and O–H groups in total. The van der Waals surface area contributed by atoms with Crippen molar-refractivity contribution >= 4 is 11.6 Å². The predicted molar refractivity (Wildman–Crippen MR) is 69.5 cm³/mol. The van der Waals surface area contributed by atoms with Crippen molar-refractivity contribution in [2.75, 3.05) is 0 Å². The van der Waals surface area contributed by atoms with Crippen molar-refractivity contribution in [3.8, 4) is 0 Å². The smallest absolute Gasteiger partial charge is 0.312 e. The minimum Gasteiger partial charge on any atom is -0.460 e. The Morgan fingerprint density at radius 2 is 2.11 bits per heavy atom. The van der Waals surface area contributed by atoms with E-state index in [2.05, 4.69) is 4.98 Å². The number of carbonyl (C=O) groups excluding carboxylic acids is 1. The normalized spacial score (nSPS) is 11.8. The van der Waals surface area contributed by atoms with Gasteiger partial charge >= 0.3 is 5.97 Å². The Bertz CT molecular complexity index is 579. The standard InChI is InChI=1S/C14H18N2O2/c1-10-6-5-7-12-15-11(9-16(10)12)8-13(17)18-14(2,3)4/h5-7,9H,8H2,1-4H3. The average Bonchev–Trinajstić information content (AvgIpc) is 2.58. The summed E-state index contributed by atoms with van der Waals surface area (Å²) in [6.07, 6.45) is 2.09. The third kappa shape index (κ3) is 2.88. The van der Waals surface area contributed by atoms with E-state index >= 15 is 0 Å². The monoisotopic (exact) mass is 246 g/mol. The second kappa shape index (κ2) is 4.44. The molecule has 2 aromatic rings. The number of imidazole rings is 1. The number of ether oxygens (including phenoxy) is 1. The molecule has 0 atom stereocenters. The first-order chi connectivity index (χ1) is 8.35. The van der Waals surface area contributed by atoms with E-state index in [1.54, 1.807) is 0 Å². The Balaban J connectivity index is 2.18. The van der Waals surface area contributed by atoms with Gasteiger partial charge < -0.3 is 9.14 Å². The van der Waals surface area contributed by atoms with Crippen molar-refractivity contribution in [1.29, 1.82) is 0 Å². The van der Waals surface area contributed by atoms with Crippen LogP contribution in [0.5, 0.6) is 0 Å². The van der Waals surface area contributed by atoms with Crippen LogP contribution in [-0.2, 0) is 16.0 Å². The predicted octanol–water partition coefficient (Wildman–Crippen LogP) is 2.53. The van der Waals surface area contributed by atoms with Gasteiger partial charge in [0.05, 0.1) is 12.1 Å². The first-order valence-corrected chi connectivity index (χ1v) is 6.00. The SMILES string of the molecule is Cc1cccc2nc(CC(=O)OC(C)(C)C)cn12. The van der Waals surface area contributed by atoms with Gasteiger partial charge in [0.25, 0.3) is 0 Å². The minimum absolute atomic E-state index is 0.207. The molecule has 0 radical (unpaired) electrons. The summed E-state index contributed by atoms with van der Waals surface area (Å²) in [6, 6.07) is 5.88. The van der Waals surface area contributed by atoms with Gasteiger partial charge in [0, 0.05) is 11.9 Å². The summed E-state index contributed by atoms with van der Waals surface area (Å²) in [5.41, 5.74) is 2.23. The number of hydrogen-bond donors (Lipinski definition) is 0. The molecule has 2 heterocycles. The minimum atomic E-state index is -0.452. The molecule has 0 bridgehead atoms. The second-order valence-corrected chi connectivity index (χ2v) is 5.39. The zero-order valence-corrected chi connectivity index (χ0v) is 11.2. The van der Waals surface area contributed by atoms with Crippen molar-refractivity contribution in [3.05, 3.63) is 35.8 Å². The number of rotatable bonds is 2. The summed E-state index contributed by atoms with van der Waals surface area (Å²) in [4.78, 5) is 16.1. The summed E-state index contributed by atoms with van der Waals surface area (Å²) >= 11 is 0. The number of hydrogen-bond acceptors (Lipinski definition) is 3. The molecule has 0 saturated heterocycles. The highest BCUT2D eigenvalue weighted by Gasteiger charge is 2.17. The average molecular weight is 246 g/mol. The van der Waals surface area contributed by atoms with E-state index in [0.717, 1.165) is 17.0 Å². The first kappa shape index (κ1) is 12.6. The molecule has 0 saturated carbocycles. The summed E-state index contributed by atoms with van der Waals surface area (Å²) in [5, 5.41) is 0. The molecule has 18 heavy (non-hydrogen) atoms. The van der Waals surface area contributed by atoms with Crippen molar-refractivity contribution in [2.24, 2.45) is 0 Å². The van der Waals surface area contributed by atoms with Gasteiger partial charge in [0.15, 0.2) is 0 Å². The summed E-state index contributed by atoms with van der Waals surface area (Å²) in [6.45, 7) is 7.59. The zero-order chi connectivity index (χ0) is 13.3. The highest BCUT2D eigenvalue weighted by Crippen LogP contribution is 2.12. The lowest BCUT2D eigenvalue weighted by molar-refractivity contribution is -0.153. The molecule has 4 nitrogen and oxygen atoms in total. The quantitative estimate of drug-likeness (QED) is 0.765. The van der Waals surface area contributed by atoms with Gasteiger partial charge in [-0.2, -0.15) is 0 Å². The molecule has 2 aromatic heterocycles. The molecule has 0 aliphatic carbocycles. The number of pyridine rings is 1. The number of esters is 1. The van der Waals surface area contributed by atoms with Gasteiger partial charge in [-0.15, -0.1) is 0 Å². The van der Waals surface area contributed by atoms with Gasteiger partial charge in [-0.25, -0.2) is 4.98 Å². The van der Waals surface area contributed by atoms with Crippen LogP contribution in [0.3, 0.4) is 0 Å². The largest absolute Gasteiger partial charge is 0.460 e. The Morgan fingerprint density at radius 1 is 1.39 bits per heavy atom. The molecule has 0 fully saturated rings. The lowest BCUT2D eigenvalue weighted by atomic mass is 10.2. The molecule has 96 valence electrons. The Kier molecular flexibility index (Phi) is 3.11. The Hall–Kier alpha value is -1.84. The van der Waals surface area contributed by atoms with Crippen LogP contribution in [0, 0.1) is 6.92 Å². The maximum Gasteiger partial charge on any atom is 0.312 e. The van der Waals surface area contributed by atoms with E-state index in [1.165, 1.54) is 0 Å². The van der Waals surface area contributed by atoms with Crippen molar-refractivity contribution in [2.45, 2.75) is 39.7 Å². The van der Waals surface area contributed by atoms with E-state index in [-0.39, 0.29) is 12.4 Å². The van der Waals surface area contributed by atoms with Crippen molar-refractivity contribution in [1.82, 2.24) is 9.38 Å². The molecular formula is C14H18N2O2. The highest BCUT2D eigenvalue weighted by molar-refractivity contribution is 5.72. The van der Waals surface area contributed by atoms with E-state index in [9.17, 15) is 4.79 Å². The Labute approximate surface area is 107 Å². The van der Waals surface area contributed by atoms with E-state index in [0.29, 0.717) is 0 Å². The maximum atomic E-state index is 11.7.